The molecule has 0 radical (unpaired) electrons. The van der Waals surface area contributed by atoms with Crippen molar-refractivity contribution in [2.45, 2.75) is 25.1 Å². The molecule has 0 saturated heterocycles. The summed E-state index contributed by atoms with van der Waals surface area (Å²) in [4.78, 5) is 0. The van der Waals surface area contributed by atoms with Gasteiger partial charge in [0, 0.05) is 0 Å². The van der Waals surface area contributed by atoms with E-state index in [2.05, 4.69) is 67.8 Å². The summed E-state index contributed by atoms with van der Waals surface area (Å²) in [6.45, 7) is 0. The molecule has 0 N–H and O–H groups in total. The van der Waals surface area contributed by atoms with E-state index in [1.54, 1.807) is 0 Å². The van der Waals surface area contributed by atoms with Gasteiger partial charge < -0.3 is 0 Å². The van der Waals surface area contributed by atoms with Gasteiger partial charge in [-0.05, 0) is 18.8 Å². The van der Waals surface area contributed by atoms with Gasteiger partial charge in [-0.25, -0.2) is 0 Å². The molecule has 0 unspecified atom stereocenters. The Morgan fingerprint density at radius 3 is 1.67 bits per heavy atom. The molecular weight excluding hydrogens is 453 g/mol. The summed E-state index contributed by atoms with van der Waals surface area (Å²) in [5.41, 5.74) is 0. The highest BCUT2D eigenvalue weighted by molar-refractivity contribution is 14.3. The minimum atomic E-state index is 0.490. The number of rotatable bonds is 1. The van der Waals surface area contributed by atoms with Crippen LogP contribution in [0, 0.1) is 5.92 Å². The summed E-state index contributed by atoms with van der Waals surface area (Å²) in [6.07, 6.45) is 5.83. The monoisotopic (exact) mass is 462 g/mol. The van der Waals surface area contributed by atoms with Crippen LogP contribution in [0.25, 0.3) is 0 Å². The van der Waals surface area contributed by atoms with Crippen molar-refractivity contribution >= 4 is 67.8 Å². The molecule has 0 bridgehead atoms. The van der Waals surface area contributed by atoms with E-state index in [-0.39, 0.29) is 0 Å². The lowest BCUT2D eigenvalue weighted by atomic mass is 10.1. The molecular formula is C6H9I3. The van der Waals surface area contributed by atoms with Crippen molar-refractivity contribution < 1.29 is 0 Å². The van der Waals surface area contributed by atoms with Crippen LogP contribution in [-0.2, 0) is 0 Å². The third-order valence-electron chi connectivity index (χ3n) is 1.82. The van der Waals surface area contributed by atoms with Gasteiger partial charge in [0.25, 0.3) is 0 Å². The highest BCUT2D eigenvalue weighted by Crippen LogP contribution is 2.49. The second-order valence-corrected chi connectivity index (χ2v) is 13.8. The predicted molar refractivity (Wildman–Crippen MR) is 66.7 cm³/mol. The maximum Gasteiger partial charge on any atom is 0.127 e. The van der Waals surface area contributed by atoms with Crippen molar-refractivity contribution in [3.63, 3.8) is 0 Å². The Morgan fingerprint density at radius 1 is 1.00 bits per heavy atom. The third-order valence-corrected chi connectivity index (χ3v) is 4.46. The SMILES string of the molecule is IC(I)(I)C1CCCC1. The highest BCUT2D eigenvalue weighted by atomic mass is 127. The molecule has 0 amide bonds. The van der Waals surface area contributed by atoms with E-state index >= 15 is 0 Å². The summed E-state index contributed by atoms with van der Waals surface area (Å²) < 4.78 is 0.490. The lowest BCUT2D eigenvalue weighted by Gasteiger charge is -2.19. The lowest BCUT2D eigenvalue weighted by molar-refractivity contribution is 0.612. The molecule has 0 aliphatic heterocycles. The Hall–Kier alpha value is 2.19. The quantitative estimate of drug-likeness (QED) is 0.407. The first-order chi connectivity index (χ1) is 4.11. The Labute approximate surface area is 97.3 Å². The summed E-state index contributed by atoms with van der Waals surface area (Å²) in [5.74, 6) is 0.972. The largest absolute Gasteiger partial charge is 0.127 e. The predicted octanol–water partition coefficient (Wildman–Crippen LogP) is 4.14. The summed E-state index contributed by atoms with van der Waals surface area (Å²) in [7, 11) is 0. The van der Waals surface area contributed by atoms with Gasteiger partial charge in [0.1, 0.15) is -0.565 Å². The van der Waals surface area contributed by atoms with Gasteiger partial charge in [0.15, 0.2) is 0 Å². The first-order valence-corrected chi connectivity index (χ1v) is 6.41. The van der Waals surface area contributed by atoms with E-state index in [1.807, 2.05) is 0 Å². The van der Waals surface area contributed by atoms with E-state index < -0.39 is 0 Å². The standard InChI is InChI=1S/C6H9I3/c7-6(8,9)5-3-1-2-4-5/h5H,1-4H2. The Bertz CT molecular complexity index is 89.0. The maximum absolute atomic E-state index is 2.55. The molecule has 1 aliphatic rings. The Morgan fingerprint density at radius 2 is 1.44 bits per heavy atom. The fraction of sp³-hybridized carbons (Fsp3) is 1.00. The average Bonchev–Trinajstić information content (AvgIpc) is 2.08. The van der Waals surface area contributed by atoms with Gasteiger partial charge in [0.2, 0.25) is 0 Å². The summed E-state index contributed by atoms with van der Waals surface area (Å²) in [5, 5.41) is 0. The molecule has 0 aromatic rings. The van der Waals surface area contributed by atoms with Crippen molar-refractivity contribution in [2.75, 3.05) is 0 Å². The van der Waals surface area contributed by atoms with Gasteiger partial charge in [-0.15, -0.1) is 0 Å². The first kappa shape index (κ1) is 9.28. The second kappa shape index (κ2) is 3.73. The molecule has 1 fully saturated rings. The van der Waals surface area contributed by atoms with Crippen LogP contribution in [-0.4, -0.2) is -0.565 Å². The first-order valence-electron chi connectivity index (χ1n) is 3.17. The summed E-state index contributed by atoms with van der Waals surface area (Å²) in [6, 6.07) is 0. The van der Waals surface area contributed by atoms with Gasteiger partial charge in [0.05, 0.1) is 0 Å². The zero-order chi connectivity index (χ0) is 6.91. The minimum absolute atomic E-state index is 0.490. The smallest absolute Gasteiger partial charge is 0.0551 e. The topological polar surface area (TPSA) is 0 Å². The number of hydrogen-bond donors (Lipinski definition) is 0. The minimum Gasteiger partial charge on any atom is -0.0551 e. The van der Waals surface area contributed by atoms with Gasteiger partial charge in [-0.3, -0.25) is 0 Å². The highest BCUT2D eigenvalue weighted by Gasteiger charge is 2.32. The lowest BCUT2D eigenvalue weighted by Crippen LogP contribution is -2.12. The molecule has 1 aliphatic carbocycles. The molecule has 1 rings (SSSR count). The summed E-state index contributed by atoms with van der Waals surface area (Å²) >= 11 is 7.66. The van der Waals surface area contributed by atoms with Crippen molar-refractivity contribution in [1.82, 2.24) is 0 Å². The van der Waals surface area contributed by atoms with Crippen LogP contribution in [0.15, 0.2) is 0 Å². The van der Waals surface area contributed by atoms with Crippen LogP contribution >= 0.6 is 67.8 Å². The van der Waals surface area contributed by atoms with E-state index in [0.29, 0.717) is -0.565 Å². The van der Waals surface area contributed by atoms with Crippen LogP contribution in [0.4, 0.5) is 0 Å². The van der Waals surface area contributed by atoms with E-state index in [1.165, 1.54) is 25.7 Å². The molecule has 0 aromatic carbocycles. The zero-order valence-electron chi connectivity index (χ0n) is 5.04. The van der Waals surface area contributed by atoms with Crippen LogP contribution in [0.3, 0.4) is 0 Å². The van der Waals surface area contributed by atoms with Crippen molar-refractivity contribution in [3.05, 3.63) is 0 Å². The van der Waals surface area contributed by atoms with E-state index in [4.69, 9.17) is 0 Å². The van der Waals surface area contributed by atoms with Gasteiger partial charge >= 0.3 is 0 Å². The molecule has 0 aromatic heterocycles. The van der Waals surface area contributed by atoms with Crippen LogP contribution in [0.5, 0.6) is 0 Å². The van der Waals surface area contributed by atoms with Crippen molar-refractivity contribution in [2.24, 2.45) is 5.92 Å². The third kappa shape index (κ3) is 2.96. The molecule has 0 atom stereocenters. The zero-order valence-corrected chi connectivity index (χ0v) is 11.5. The molecule has 0 nitrogen and oxygen atoms in total. The molecule has 0 spiro atoms. The average molecular weight is 462 g/mol. The molecule has 1 saturated carbocycles. The van der Waals surface area contributed by atoms with Crippen LogP contribution in [0.1, 0.15) is 25.7 Å². The fourth-order valence-corrected chi connectivity index (χ4v) is 3.12. The van der Waals surface area contributed by atoms with Crippen molar-refractivity contribution in [1.29, 1.82) is 0 Å². The van der Waals surface area contributed by atoms with Crippen LogP contribution in [0.2, 0.25) is 0 Å². The van der Waals surface area contributed by atoms with Crippen molar-refractivity contribution in [3.8, 4) is 0 Å². The van der Waals surface area contributed by atoms with E-state index in [9.17, 15) is 0 Å². The maximum atomic E-state index is 2.55. The molecule has 9 heavy (non-hydrogen) atoms. The number of alkyl halides is 3. The van der Waals surface area contributed by atoms with E-state index in [0.717, 1.165) is 5.92 Å². The van der Waals surface area contributed by atoms with Gasteiger partial charge in [-0.1, -0.05) is 80.6 Å². The Kier molecular flexibility index (Phi) is 3.85. The molecule has 54 valence electrons. The van der Waals surface area contributed by atoms with Gasteiger partial charge in [-0.2, -0.15) is 0 Å². The van der Waals surface area contributed by atoms with Crippen LogP contribution < -0.4 is 0 Å². The fourth-order valence-electron chi connectivity index (χ4n) is 1.25. The Balaban J connectivity index is 2.42. The number of hydrogen-bond acceptors (Lipinski definition) is 0. The second-order valence-electron chi connectivity index (χ2n) is 2.52. The number of halogens is 3. The normalized spacial score (nSPS) is 23.0. The molecule has 0 heterocycles. The molecule has 3 heteroatoms.